The topological polar surface area (TPSA) is 101 Å². The van der Waals surface area contributed by atoms with Gasteiger partial charge in [0.05, 0.1) is 11.7 Å². The lowest BCUT2D eigenvalue weighted by molar-refractivity contribution is -0.141. The van der Waals surface area contributed by atoms with Crippen molar-refractivity contribution >= 4 is 21.7 Å². The zero-order chi connectivity index (χ0) is 18.0. The Bertz CT molecular complexity index is 708. The fourth-order valence-corrected chi connectivity index (χ4v) is 3.87. The van der Waals surface area contributed by atoms with Crippen LogP contribution in [0.15, 0.2) is 30.3 Å². The van der Waals surface area contributed by atoms with Gasteiger partial charge in [-0.3, -0.25) is 9.59 Å². The maximum absolute atomic E-state index is 12.7. The highest BCUT2D eigenvalue weighted by Gasteiger charge is 2.45. The monoisotopic (exact) mass is 353 g/mol. The van der Waals surface area contributed by atoms with Gasteiger partial charge in [0.25, 0.3) is 0 Å². The molecule has 1 saturated carbocycles. The summed E-state index contributed by atoms with van der Waals surface area (Å²) in [6, 6.07) is 8.92. The number of carbonyl (C=O) groups excluding carboxylic acids is 1. The Morgan fingerprint density at radius 1 is 1.25 bits per heavy atom. The van der Waals surface area contributed by atoms with Gasteiger partial charge in [0.15, 0.2) is 9.84 Å². The molecule has 2 rings (SSSR count). The molecule has 1 aromatic carbocycles. The van der Waals surface area contributed by atoms with Crippen LogP contribution in [-0.2, 0) is 25.8 Å². The van der Waals surface area contributed by atoms with E-state index in [1.165, 1.54) is 13.8 Å². The number of rotatable bonds is 8. The van der Waals surface area contributed by atoms with Gasteiger partial charge in [0, 0.05) is 6.04 Å². The summed E-state index contributed by atoms with van der Waals surface area (Å²) < 4.78 is 23.7. The van der Waals surface area contributed by atoms with Crippen LogP contribution in [0.4, 0.5) is 0 Å². The van der Waals surface area contributed by atoms with Crippen molar-refractivity contribution in [3.05, 3.63) is 35.9 Å². The predicted molar refractivity (Wildman–Crippen MR) is 90.3 cm³/mol. The maximum atomic E-state index is 12.7. The number of amides is 1. The van der Waals surface area contributed by atoms with E-state index in [-0.39, 0.29) is 12.5 Å². The van der Waals surface area contributed by atoms with Crippen molar-refractivity contribution in [2.75, 3.05) is 5.75 Å². The summed E-state index contributed by atoms with van der Waals surface area (Å²) in [6.45, 7) is 2.67. The van der Waals surface area contributed by atoms with E-state index < -0.39 is 38.1 Å². The molecule has 0 spiro atoms. The molecule has 0 bridgehead atoms. The highest BCUT2D eigenvalue weighted by molar-refractivity contribution is 7.93. The average molecular weight is 353 g/mol. The molecule has 1 fully saturated rings. The second kappa shape index (κ2) is 6.93. The summed E-state index contributed by atoms with van der Waals surface area (Å²) >= 11 is 0. The predicted octanol–water partition coefficient (Wildman–Crippen LogP) is 1.40. The fraction of sp³-hybridized carbons (Fsp3) is 0.529. The summed E-state index contributed by atoms with van der Waals surface area (Å²) in [7, 11) is -3.93. The molecule has 0 heterocycles. The lowest BCUT2D eigenvalue weighted by Crippen LogP contribution is -2.50. The van der Waals surface area contributed by atoms with Gasteiger partial charge in [-0.05, 0) is 38.7 Å². The van der Waals surface area contributed by atoms with Gasteiger partial charge in [-0.1, -0.05) is 30.3 Å². The van der Waals surface area contributed by atoms with E-state index in [9.17, 15) is 23.1 Å². The SMILES string of the molecule is CC(C)(C(=O)NC1CC1)S(=O)(=O)C[C@@H](Cc1ccccc1)C(=O)O. The molecule has 1 aliphatic rings. The van der Waals surface area contributed by atoms with Gasteiger partial charge in [-0.2, -0.15) is 0 Å². The molecule has 6 nitrogen and oxygen atoms in total. The number of carboxylic acid groups (broad SMARTS) is 1. The molecule has 0 radical (unpaired) electrons. The Kier molecular flexibility index (Phi) is 5.32. The lowest BCUT2D eigenvalue weighted by Gasteiger charge is -2.25. The molecule has 0 aromatic heterocycles. The van der Waals surface area contributed by atoms with Crippen LogP contribution >= 0.6 is 0 Å². The van der Waals surface area contributed by atoms with E-state index in [2.05, 4.69) is 5.32 Å². The molecule has 1 atom stereocenters. The third kappa shape index (κ3) is 4.35. The van der Waals surface area contributed by atoms with E-state index in [4.69, 9.17) is 0 Å². The first-order chi connectivity index (χ1) is 11.1. The molecular formula is C17H23NO5S. The molecule has 1 aliphatic carbocycles. The van der Waals surface area contributed by atoms with Crippen molar-refractivity contribution in [2.24, 2.45) is 5.92 Å². The summed E-state index contributed by atoms with van der Waals surface area (Å²) in [6.07, 6.45) is 1.82. The Balaban J connectivity index is 2.13. The highest BCUT2D eigenvalue weighted by atomic mass is 32.2. The molecule has 24 heavy (non-hydrogen) atoms. The van der Waals surface area contributed by atoms with Crippen LogP contribution in [0.25, 0.3) is 0 Å². The van der Waals surface area contributed by atoms with Crippen LogP contribution in [0.3, 0.4) is 0 Å². The second-order valence-corrected chi connectivity index (χ2v) is 9.35. The Hall–Kier alpha value is -1.89. The van der Waals surface area contributed by atoms with Crippen LogP contribution < -0.4 is 5.32 Å². The molecule has 0 unspecified atom stereocenters. The number of benzene rings is 1. The van der Waals surface area contributed by atoms with Crippen molar-refractivity contribution in [3.63, 3.8) is 0 Å². The lowest BCUT2D eigenvalue weighted by atomic mass is 10.0. The van der Waals surface area contributed by atoms with Crippen LogP contribution in [-0.4, -0.2) is 41.9 Å². The van der Waals surface area contributed by atoms with Crippen LogP contribution in [0.1, 0.15) is 32.3 Å². The minimum atomic E-state index is -3.93. The first-order valence-corrected chi connectivity index (χ1v) is 9.58. The minimum absolute atomic E-state index is 0.0477. The number of carboxylic acids is 1. The van der Waals surface area contributed by atoms with Gasteiger partial charge >= 0.3 is 5.97 Å². The number of hydrogen-bond acceptors (Lipinski definition) is 4. The molecule has 132 valence electrons. The van der Waals surface area contributed by atoms with E-state index in [1.54, 1.807) is 30.3 Å². The van der Waals surface area contributed by atoms with Crippen molar-refractivity contribution in [2.45, 2.75) is 43.9 Å². The second-order valence-electron chi connectivity index (χ2n) is 6.76. The van der Waals surface area contributed by atoms with Gasteiger partial charge in [-0.15, -0.1) is 0 Å². The van der Waals surface area contributed by atoms with E-state index >= 15 is 0 Å². The standard InChI is InChI=1S/C17H23NO5S/c1-17(2,16(21)18-14-8-9-14)24(22,23)11-13(15(19)20)10-12-6-4-3-5-7-12/h3-7,13-14H,8-11H2,1-2H3,(H,18,21)(H,19,20)/t13-/m1/s1. The van der Waals surface area contributed by atoms with Gasteiger partial charge in [-0.25, -0.2) is 8.42 Å². The largest absolute Gasteiger partial charge is 0.481 e. The number of nitrogens with one attached hydrogen (secondary N) is 1. The first-order valence-electron chi connectivity index (χ1n) is 7.93. The fourth-order valence-electron chi connectivity index (χ4n) is 2.32. The Morgan fingerprint density at radius 3 is 2.33 bits per heavy atom. The van der Waals surface area contributed by atoms with Crippen molar-refractivity contribution in [3.8, 4) is 0 Å². The average Bonchev–Trinajstić information content (AvgIpc) is 3.31. The maximum Gasteiger partial charge on any atom is 0.307 e. The van der Waals surface area contributed by atoms with Crippen molar-refractivity contribution < 1.29 is 23.1 Å². The number of carbonyl (C=O) groups is 2. The normalized spacial score (nSPS) is 16.4. The molecule has 1 amide bonds. The summed E-state index contributed by atoms with van der Waals surface area (Å²) in [5.41, 5.74) is 0.750. The summed E-state index contributed by atoms with van der Waals surface area (Å²) in [5.74, 6) is -3.40. The third-order valence-electron chi connectivity index (χ3n) is 4.33. The van der Waals surface area contributed by atoms with E-state index in [0.29, 0.717) is 0 Å². The van der Waals surface area contributed by atoms with Gasteiger partial charge in [0.2, 0.25) is 5.91 Å². The molecule has 7 heteroatoms. The molecular weight excluding hydrogens is 330 g/mol. The minimum Gasteiger partial charge on any atom is -0.481 e. The smallest absolute Gasteiger partial charge is 0.307 e. The van der Waals surface area contributed by atoms with Crippen molar-refractivity contribution in [1.29, 1.82) is 0 Å². The molecule has 0 saturated heterocycles. The zero-order valence-electron chi connectivity index (χ0n) is 13.9. The zero-order valence-corrected chi connectivity index (χ0v) is 14.7. The summed E-state index contributed by atoms with van der Waals surface area (Å²) in [4.78, 5) is 23.7. The highest BCUT2D eigenvalue weighted by Crippen LogP contribution is 2.25. The first kappa shape index (κ1) is 18.4. The summed E-state index contributed by atoms with van der Waals surface area (Å²) in [5, 5.41) is 12.1. The van der Waals surface area contributed by atoms with Gasteiger partial charge < -0.3 is 10.4 Å². The van der Waals surface area contributed by atoms with E-state index in [0.717, 1.165) is 18.4 Å². The van der Waals surface area contributed by atoms with Crippen molar-refractivity contribution in [1.82, 2.24) is 5.32 Å². The third-order valence-corrected chi connectivity index (χ3v) is 6.91. The molecule has 1 aromatic rings. The number of hydrogen-bond donors (Lipinski definition) is 2. The van der Waals surface area contributed by atoms with Crippen LogP contribution in [0.2, 0.25) is 0 Å². The van der Waals surface area contributed by atoms with Gasteiger partial charge in [0.1, 0.15) is 4.75 Å². The van der Waals surface area contributed by atoms with Crippen LogP contribution in [0, 0.1) is 5.92 Å². The Morgan fingerprint density at radius 2 is 1.83 bits per heavy atom. The number of aliphatic carboxylic acids is 1. The van der Waals surface area contributed by atoms with Crippen LogP contribution in [0.5, 0.6) is 0 Å². The number of sulfone groups is 1. The Labute approximate surface area is 142 Å². The van der Waals surface area contributed by atoms with E-state index in [1.807, 2.05) is 0 Å². The molecule has 0 aliphatic heterocycles. The molecule has 2 N–H and O–H groups in total. The quantitative estimate of drug-likeness (QED) is 0.736.